The lowest BCUT2D eigenvalue weighted by molar-refractivity contribution is -0.141. The van der Waals surface area contributed by atoms with E-state index in [0.29, 0.717) is 27.7 Å². The van der Waals surface area contributed by atoms with Crippen molar-refractivity contribution in [3.63, 3.8) is 0 Å². The average Bonchev–Trinajstić information content (AvgIpc) is 2.81. The van der Waals surface area contributed by atoms with E-state index in [-0.39, 0.29) is 43.8 Å². The number of amides is 2. The summed E-state index contributed by atoms with van der Waals surface area (Å²) in [6.07, 6.45) is 2.63. The summed E-state index contributed by atoms with van der Waals surface area (Å²) in [5.74, 6) is -0.521. The Morgan fingerprint density at radius 1 is 1.00 bits per heavy atom. The standard InChI is InChI=1S/C28H39Cl2N3O4S/c1-7-21(5)31-28(35)26(8-2)32(18-23-24(29)11-9-12-25(23)30)27(34)13-10-14-33(38(6,36)37)22-16-19(3)15-20(4)17-22/h9,11-12,15-17,21,26H,7-8,10,13-14,18H2,1-6H3,(H,31,35)/t21-,26-/m0/s1. The molecule has 38 heavy (non-hydrogen) atoms. The van der Waals surface area contributed by atoms with E-state index in [4.69, 9.17) is 23.2 Å². The van der Waals surface area contributed by atoms with Crippen LogP contribution in [0.4, 0.5) is 5.69 Å². The molecule has 2 rings (SSSR count). The predicted octanol–water partition coefficient (Wildman–Crippen LogP) is 5.88. The van der Waals surface area contributed by atoms with Crippen molar-refractivity contribution >= 4 is 50.7 Å². The van der Waals surface area contributed by atoms with Gasteiger partial charge in [-0.2, -0.15) is 0 Å². The number of anilines is 1. The minimum atomic E-state index is -3.57. The minimum absolute atomic E-state index is 0.0430. The molecule has 0 saturated heterocycles. The molecule has 0 spiro atoms. The number of aryl methyl sites for hydroxylation is 2. The van der Waals surface area contributed by atoms with E-state index in [0.717, 1.165) is 23.8 Å². The fourth-order valence-corrected chi connectivity index (χ4v) is 5.78. The van der Waals surface area contributed by atoms with Crippen LogP contribution in [0.2, 0.25) is 10.0 Å². The second-order valence-corrected chi connectivity index (χ2v) is 12.5. The largest absolute Gasteiger partial charge is 0.352 e. The number of nitrogens with one attached hydrogen (secondary N) is 1. The molecule has 0 heterocycles. The molecule has 2 aromatic carbocycles. The molecular weight excluding hydrogens is 545 g/mol. The van der Waals surface area contributed by atoms with E-state index in [2.05, 4.69) is 5.32 Å². The van der Waals surface area contributed by atoms with Gasteiger partial charge in [-0.3, -0.25) is 13.9 Å². The first-order valence-corrected chi connectivity index (χ1v) is 15.5. The molecule has 0 aliphatic carbocycles. The third-order valence-corrected chi connectivity index (χ3v) is 8.33. The Hall–Kier alpha value is -2.29. The van der Waals surface area contributed by atoms with Gasteiger partial charge in [0.1, 0.15) is 6.04 Å². The van der Waals surface area contributed by atoms with E-state index in [9.17, 15) is 18.0 Å². The Balaban J connectivity index is 2.31. The lowest BCUT2D eigenvalue weighted by Gasteiger charge is -2.32. The quantitative estimate of drug-likeness (QED) is 0.319. The molecule has 2 amide bonds. The lowest BCUT2D eigenvalue weighted by atomic mass is 10.1. The van der Waals surface area contributed by atoms with Crippen molar-refractivity contribution in [3.8, 4) is 0 Å². The lowest BCUT2D eigenvalue weighted by Crippen LogP contribution is -2.50. The smallest absolute Gasteiger partial charge is 0.243 e. The van der Waals surface area contributed by atoms with Gasteiger partial charge in [-0.1, -0.05) is 49.2 Å². The summed E-state index contributed by atoms with van der Waals surface area (Å²) in [6.45, 7) is 9.75. The molecule has 0 radical (unpaired) electrons. The van der Waals surface area contributed by atoms with Gasteiger partial charge < -0.3 is 10.2 Å². The molecule has 0 fully saturated rings. The highest BCUT2D eigenvalue weighted by atomic mass is 35.5. The van der Waals surface area contributed by atoms with Gasteiger partial charge in [0.25, 0.3) is 0 Å². The SMILES string of the molecule is CC[C@H](C)NC(=O)[C@H](CC)N(Cc1c(Cl)cccc1Cl)C(=O)CCCN(c1cc(C)cc(C)c1)S(C)(=O)=O. The van der Waals surface area contributed by atoms with Crippen LogP contribution in [-0.2, 0) is 26.2 Å². The van der Waals surface area contributed by atoms with Crippen LogP contribution in [0.5, 0.6) is 0 Å². The van der Waals surface area contributed by atoms with Gasteiger partial charge in [-0.25, -0.2) is 8.42 Å². The first-order valence-electron chi connectivity index (χ1n) is 12.9. The summed E-state index contributed by atoms with van der Waals surface area (Å²) in [4.78, 5) is 28.3. The average molecular weight is 585 g/mol. The third-order valence-electron chi connectivity index (χ3n) is 6.42. The molecule has 210 valence electrons. The van der Waals surface area contributed by atoms with Gasteiger partial charge >= 0.3 is 0 Å². The number of hydrogen-bond donors (Lipinski definition) is 1. The Morgan fingerprint density at radius 3 is 2.08 bits per heavy atom. The fraction of sp³-hybridized carbons (Fsp3) is 0.500. The highest BCUT2D eigenvalue weighted by Gasteiger charge is 2.30. The van der Waals surface area contributed by atoms with Crippen LogP contribution in [0.3, 0.4) is 0 Å². The Bertz CT molecular complexity index is 1200. The van der Waals surface area contributed by atoms with Crippen molar-refractivity contribution in [2.24, 2.45) is 0 Å². The second kappa shape index (κ2) is 14.2. The number of rotatable bonds is 13. The summed E-state index contributed by atoms with van der Waals surface area (Å²) in [7, 11) is -3.57. The number of carbonyl (C=O) groups excluding carboxylic acids is 2. The predicted molar refractivity (Wildman–Crippen MR) is 156 cm³/mol. The van der Waals surface area contributed by atoms with Crippen LogP contribution in [0.25, 0.3) is 0 Å². The van der Waals surface area contributed by atoms with Crippen molar-refractivity contribution in [2.75, 3.05) is 17.1 Å². The molecule has 0 aliphatic rings. The zero-order valence-electron chi connectivity index (χ0n) is 23.1. The number of halogens is 2. The molecule has 0 aliphatic heterocycles. The van der Waals surface area contributed by atoms with Crippen molar-refractivity contribution in [2.45, 2.75) is 78.9 Å². The normalized spacial score (nSPS) is 13.1. The van der Waals surface area contributed by atoms with Gasteiger partial charge in [0.2, 0.25) is 21.8 Å². The number of carbonyl (C=O) groups is 2. The maximum absolute atomic E-state index is 13.6. The number of nitrogens with zero attached hydrogens (tertiary/aromatic N) is 2. The highest BCUT2D eigenvalue weighted by Crippen LogP contribution is 2.28. The van der Waals surface area contributed by atoms with Crippen LogP contribution >= 0.6 is 23.2 Å². The summed E-state index contributed by atoms with van der Waals surface area (Å²) < 4.78 is 26.5. The zero-order valence-corrected chi connectivity index (χ0v) is 25.4. The van der Waals surface area contributed by atoms with Crippen LogP contribution in [0.15, 0.2) is 36.4 Å². The van der Waals surface area contributed by atoms with Gasteiger partial charge in [0.05, 0.1) is 11.9 Å². The van der Waals surface area contributed by atoms with Crippen molar-refractivity contribution in [3.05, 3.63) is 63.1 Å². The summed E-state index contributed by atoms with van der Waals surface area (Å²) in [5.41, 5.74) is 3.03. The topological polar surface area (TPSA) is 86.8 Å². The molecule has 0 aromatic heterocycles. The first kappa shape index (κ1) is 31.9. The highest BCUT2D eigenvalue weighted by molar-refractivity contribution is 7.92. The maximum Gasteiger partial charge on any atom is 0.243 e. The van der Waals surface area contributed by atoms with E-state index in [1.165, 1.54) is 9.21 Å². The number of benzene rings is 2. The van der Waals surface area contributed by atoms with Crippen molar-refractivity contribution < 1.29 is 18.0 Å². The molecule has 0 unspecified atom stereocenters. The van der Waals surface area contributed by atoms with E-state index in [1.807, 2.05) is 52.8 Å². The molecule has 0 bridgehead atoms. The summed E-state index contributed by atoms with van der Waals surface area (Å²) in [5, 5.41) is 3.79. The zero-order chi connectivity index (χ0) is 28.6. The van der Waals surface area contributed by atoms with Gasteiger partial charge in [0.15, 0.2) is 0 Å². The third kappa shape index (κ3) is 8.89. The number of hydrogen-bond acceptors (Lipinski definition) is 4. The van der Waals surface area contributed by atoms with Crippen molar-refractivity contribution in [1.82, 2.24) is 10.2 Å². The molecule has 2 aromatic rings. The van der Waals surface area contributed by atoms with E-state index in [1.54, 1.807) is 18.2 Å². The monoisotopic (exact) mass is 583 g/mol. The van der Waals surface area contributed by atoms with Gasteiger partial charge in [0, 0.05) is 41.2 Å². The van der Waals surface area contributed by atoms with Crippen LogP contribution in [0, 0.1) is 13.8 Å². The summed E-state index contributed by atoms with van der Waals surface area (Å²) >= 11 is 12.8. The van der Waals surface area contributed by atoms with E-state index < -0.39 is 16.1 Å². The minimum Gasteiger partial charge on any atom is -0.352 e. The molecule has 1 N–H and O–H groups in total. The number of sulfonamides is 1. The maximum atomic E-state index is 13.6. The molecular formula is C28H39Cl2N3O4S. The fourth-order valence-electron chi connectivity index (χ4n) is 4.31. The molecule has 0 saturated carbocycles. The molecule has 10 heteroatoms. The van der Waals surface area contributed by atoms with Gasteiger partial charge in [-0.05, 0) is 75.4 Å². The second-order valence-electron chi connectivity index (χ2n) is 9.75. The molecule has 2 atom stereocenters. The Labute approximate surface area is 237 Å². The van der Waals surface area contributed by atoms with Crippen molar-refractivity contribution in [1.29, 1.82) is 0 Å². The van der Waals surface area contributed by atoms with Crippen LogP contribution in [0.1, 0.15) is 63.1 Å². The first-order chi connectivity index (χ1) is 17.8. The Kier molecular flexibility index (Phi) is 11.9. The van der Waals surface area contributed by atoms with Crippen LogP contribution in [-0.4, -0.2) is 50.0 Å². The molecule has 7 nitrogen and oxygen atoms in total. The summed E-state index contributed by atoms with van der Waals surface area (Å²) in [6, 6.07) is 9.94. The van der Waals surface area contributed by atoms with Crippen LogP contribution < -0.4 is 9.62 Å². The van der Waals surface area contributed by atoms with E-state index >= 15 is 0 Å². The van der Waals surface area contributed by atoms with Gasteiger partial charge in [-0.15, -0.1) is 0 Å². The Morgan fingerprint density at radius 2 is 1.58 bits per heavy atom.